The molecule has 0 unspecified atom stereocenters. The Labute approximate surface area is 130 Å². The highest BCUT2D eigenvalue weighted by atomic mass is 35.6. The van der Waals surface area contributed by atoms with Crippen molar-refractivity contribution in [2.45, 2.75) is 23.0 Å². The second-order valence-electron chi connectivity index (χ2n) is 3.56. The molecule has 1 aromatic heterocycles. The van der Waals surface area contributed by atoms with Crippen molar-refractivity contribution in [2.24, 2.45) is 0 Å². The lowest BCUT2D eigenvalue weighted by Gasteiger charge is -2.20. The van der Waals surface area contributed by atoms with Crippen molar-refractivity contribution in [2.75, 3.05) is 16.7 Å². The minimum absolute atomic E-state index is 0.0694. The molecule has 10 heteroatoms. The van der Waals surface area contributed by atoms with Crippen LogP contribution >= 0.6 is 58.4 Å². The van der Waals surface area contributed by atoms with Gasteiger partial charge in [0.25, 0.3) is 3.12 Å². The number of anilines is 2. The summed E-state index contributed by atoms with van der Waals surface area (Å²) in [5.41, 5.74) is 0. The molecular weight excluding hydrogens is 340 g/mol. The number of alkyl halides is 3. The SMILES string of the molecule is CC(C)Nc1nc(Cl)nc(N(C)SC(Cl)(Cl)Cl)n1. The third-order valence-corrected chi connectivity index (χ3v) is 2.97. The third-order valence-electron chi connectivity index (χ3n) is 1.54. The molecule has 102 valence electrons. The van der Waals surface area contributed by atoms with E-state index in [0.29, 0.717) is 11.9 Å². The number of nitrogens with one attached hydrogen (secondary N) is 1. The molecule has 1 heterocycles. The second kappa shape index (κ2) is 6.52. The smallest absolute Gasteiger partial charge is 0.256 e. The average Bonchev–Trinajstić information content (AvgIpc) is 2.12. The summed E-state index contributed by atoms with van der Waals surface area (Å²) < 4.78 is 0.00552. The zero-order valence-electron chi connectivity index (χ0n) is 9.79. The Balaban J connectivity index is 2.91. The summed E-state index contributed by atoms with van der Waals surface area (Å²) in [6.07, 6.45) is 0. The zero-order valence-corrected chi connectivity index (χ0v) is 13.6. The molecule has 0 bridgehead atoms. The van der Waals surface area contributed by atoms with Crippen LogP contribution in [-0.4, -0.2) is 31.2 Å². The number of halogens is 4. The van der Waals surface area contributed by atoms with E-state index in [4.69, 9.17) is 46.4 Å². The van der Waals surface area contributed by atoms with Gasteiger partial charge < -0.3 is 5.32 Å². The molecule has 18 heavy (non-hydrogen) atoms. The Kier molecular flexibility index (Phi) is 5.86. The van der Waals surface area contributed by atoms with Crippen molar-refractivity contribution >= 4 is 70.2 Å². The van der Waals surface area contributed by atoms with Gasteiger partial charge in [-0.3, -0.25) is 4.31 Å². The van der Waals surface area contributed by atoms with E-state index < -0.39 is 3.12 Å². The fourth-order valence-electron chi connectivity index (χ4n) is 0.999. The van der Waals surface area contributed by atoms with Gasteiger partial charge in [0.15, 0.2) is 0 Å². The predicted octanol–water partition coefficient (Wildman–Crippen LogP) is 3.76. The van der Waals surface area contributed by atoms with Gasteiger partial charge in [-0.15, -0.1) is 0 Å². The van der Waals surface area contributed by atoms with Gasteiger partial charge in [0.1, 0.15) is 0 Å². The Hall–Kier alpha value is 0.120. The van der Waals surface area contributed by atoms with Crippen LogP contribution in [-0.2, 0) is 0 Å². The number of nitrogens with zero attached hydrogens (tertiary/aromatic N) is 4. The first-order valence-corrected chi connectivity index (χ1v) is 7.13. The van der Waals surface area contributed by atoms with E-state index in [9.17, 15) is 0 Å². The van der Waals surface area contributed by atoms with Crippen LogP contribution < -0.4 is 9.62 Å². The van der Waals surface area contributed by atoms with E-state index in [1.807, 2.05) is 13.8 Å². The molecule has 1 N–H and O–H groups in total. The molecule has 1 aromatic rings. The largest absolute Gasteiger partial charge is 0.352 e. The van der Waals surface area contributed by atoms with Gasteiger partial charge in [-0.25, -0.2) is 0 Å². The quantitative estimate of drug-likeness (QED) is 0.659. The van der Waals surface area contributed by atoms with Gasteiger partial charge in [-0.05, 0) is 25.4 Å². The molecule has 0 fully saturated rings. The summed E-state index contributed by atoms with van der Waals surface area (Å²) >= 11 is 23.8. The zero-order chi connectivity index (χ0) is 13.9. The standard InChI is InChI=1S/C8H11Cl4N5S/c1-4(2)13-6-14-5(9)15-7(16-6)17(3)18-8(10,11)12/h4H,1-3H3,(H,13,14,15,16). The Morgan fingerprint density at radius 3 is 2.33 bits per heavy atom. The lowest BCUT2D eigenvalue weighted by Crippen LogP contribution is -2.19. The molecule has 0 aliphatic heterocycles. The molecule has 0 amide bonds. The Morgan fingerprint density at radius 2 is 1.83 bits per heavy atom. The lowest BCUT2D eigenvalue weighted by molar-refractivity contribution is 0.865. The van der Waals surface area contributed by atoms with Gasteiger partial charge >= 0.3 is 0 Å². The summed E-state index contributed by atoms with van der Waals surface area (Å²) in [4.78, 5) is 12.1. The Bertz CT molecular complexity index is 411. The molecule has 0 saturated heterocycles. The summed E-state index contributed by atoms with van der Waals surface area (Å²) in [5.74, 6) is 0.672. The molecule has 0 radical (unpaired) electrons. The minimum Gasteiger partial charge on any atom is -0.352 e. The summed E-state index contributed by atoms with van der Waals surface area (Å²) in [6, 6.07) is 0.169. The third kappa shape index (κ3) is 5.84. The van der Waals surface area contributed by atoms with Crippen LogP contribution in [0.4, 0.5) is 11.9 Å². The van der Waals surface area contributed by atoms with Crippen LogP contribution in [0.1, 0.15) is 13.8 Å². The van der Waals surface area contributed by atoms with Crippen LogP contribution in [0.2, 0.25) is 5.28 Å². The van der Waals surface area contributed by atoms with Crippen LogP contribution in [0.5, 0.6) is 0 Å². The summed E-state index contributed by atoms with van der Waals surface area (Å²) in [7, 11) is 1.66. The topological polar surface area (TPSA) is 53.9 Å². The van der Waals surface area contributed by atoms with Crippen LogP contribution in [0.25, 0.3) is 0 Å². The van der Waals surface area contributed by atoms with Gasteiger partial charge in [0, 0.05) is 25.0 Å². The molecule has 0 saturated carbocycles. The monoisotopic (exact) mass is 349 g/mol. The van der Waals surface area contributed by atoms with E-state index in [2.05, 4.69) is 20.3 Å². The van der Waals surface area contributed by atoms with Crippen LogP contribution in [0, 0.1) is 0 Å². The molecule has 0 aliphatic carbocycles. The molecule has 5 nitrogen and oxygen atoms in total. The first-order chi connectivity index (χ1) is 8.17. The maximum atomic E-state index is 5.81. The average molecular weight is 351 g/mol. The van der Waals surface area contributed by atoms with E-state index >= 15 is 0 Å². The summed E-state index contributed by atoms with van der Waals surface area (Å²) in [6.45, 7) is 3.91. The van der Waals surface area contributed by atoms with E-state index in [0.717, 1.165) is 11.9 Å². The first kappa shape index (κ1) is 16.2. The van der Waals surface area contributed by atoms with E-state index in [1.54, 1.807) is 7.05 Å². The van der Waals surface area contributed by atoms with Gasteiger partial charge in [-0.1, -0.05) is 34.8 Å². The highest BCUT2D eigenvalue weighted by Crippen LogP contribution is 2.41. The van der Waals surface area contributed by atoms with Crippen molar-refractivity contribution in [1.29, 1.82) is 0 Å². The molecule has 0 aromatic carbocycles. The summed E-state index contributed by atoms with van der Waals surface area (Å²) in [5, 5.41) is 3.09. The van der Waals surface area contributed by atoms with E-state index in [-0.39, 0.29) is 11.3 Å². The maximum absolute atomic E-state index is 5.81. The minimum atomic E-state index is -1.50. The molecule has 1 rings (SSSR count). The normalized spacial score (nSPS) is 11.8. The molecule has 0 spiro atoms. The fraction of sp³-hybridized carbons (Fsp3) is 0.625. The van der Waals surface area contributed by atoms with Crippen LogP contribution in [0.15, 0.2) is 0 Å². The highest BCUT2D eigenvalue weighted by molar-refractivity contribution is 8.05. The first-order valence-electron chi connectivity index (χ1n) is 4.85. The predicted molar refractivity (Wildman–Crippen MR) is 79.9 cm³/mol. The van der Waals surface area contributed by atoms with Crippen molar-refractivity contribution in [3.05, 3.63) is 5.28 Å². The molecular formula is C8H11Cl4N5S. The fourth-order valence-corrected chi connectivity index (χ4v) is 2.56. The van der Waals surface area contributed by atoms with Gasteiger partial charge in [0.2, 0.25) is 17.2 Å². The van der Waals surface area contributed by atoms with Gasteiger partial charge in [-0.2, -0.15) is 15.0 Å². The van der Waals surface area contributed by atoms with Crippen LogP contribution in [0.3, 0.4) is 0 Å². The van der Waals surface area contributed by atoms with Crippen molar-refractivity contribution in [1.82, 2.24) is 15.0 Å². The van der Waals surface area contributed by atoms with Crippen molar-refractivity contribution in [3.63, 3.8) is 0 Å². The lowest BCUT2D eigenvalue weighted by atomic mass is 10.4. The van der Waals surface area contributed by atoms with Crippen molar-refractivity contribution < 1.29 is 0 Å². The molecule has 0 atom stereocenters. The van der Waals surface area contributed by atoms with Crippen molar-refractivity contribution in [3.8, 4) is 0 Å². The maximum Gasteiger partial charge on any atom is 0.256 e. The Morgan fingerprint density at radius 1 is 1.22 bits per heavy atom. The van der Waals surface area contributed by atoms with E-state index in [1.165, 1.54) is 4.31 Å². The van der Waals surface area contributed by atoms with Gasteiger partial charge in [0.05, 0.1) is 0 Å². The second-order valence-corrected chi connectivity index (χ2v) is 8.20. The number of aromatic nitrogens is 3. The number of hydrogen-bond donors (Lipinski definition) is 1. The highest BCUT2D eigenvalue weighted by Gasteiger charge is 2.25. The number of rotatable bonds is 4. The number of hydrogen-bond acceptors (Lipinski definition) is 6. The molecule has 0 aliphatic rings.